The summed E-state index contributed by atoms with van der Waals surface area (Å²) in [5, 5.41) is 4.36. The highest BCUT2D eigenvalue weighted by Gasteiger charge is 2.19. The predicted octanol–water partition coefficient (Wildman–Crippen LogP) is 3.43. The third-order valence-corrected chi connectivity index (χ3v) is 5.04. The smallest absolute Gasteiger partial charge is 0.246 e. The molecule has 0 unspecified atom stereocenters. The van der Waals surface area contributed by atoms with E-state index < -0.39 is 0 Å². The van der Waals surface area contributed by atoms with Crippen LogP contribution in [0.5, 0.6) is 0 Å². The van der Waals surface area contributed by atoms with E-state index in [1.807, 2.05) is 40.1 Å². The summed E-state index contributed by atoms with van der Waals surface area (Å²) >= 11 is 0. The highest BCUT2D eigenvalue weighted by Crippen LogP contribution is 2.17. The lowest BCUT2D eigenvalue weighted by Crippen LogP contribution is -2.48. The topological polar surface area (TPSA) is 41.4 Å². The normalized spacial score (nSPS) is 14.5. The SMILES string of the molecule is O=C(/C=C/c1cnn(Cc2ccccc2)c1)N1CCN(c2ccc(F)cc2)CC1. The minimum Gasteiger partial charge on any atom is -0.368 e. The van der Waals surface area contributed by atoms with Gasteiger partial charge in [0.25, 0.3) is 0 Å². The first-order valence-corrected chi connectivity index (χ1v) is 9.71. The molecule has 0 atom stereocenters. The van der Waals surface area contributed by atoms with Gasteiger partial charge in [0.05, 0.1) is 12.7 Å². The van der Waals surface area contributed by atoms with Gasteiger partial charge in [0.2, 0.25) is 5.91 Å². The number of piperazine rings is 1. The lowest BCUT2D eigenvalue weighted by atomic mass is 10.2. The quantitative estimate of drug-likeness (QED) is 0.627. The van der Waals surface area contributed by atoms with E-state index in [-0.39, 0.29) is 11.7 Å². The Morgan fingerprint density at radius 3 is 2.45 bits per heavy atom. The summed E-state index contributed by atoms with van der Waals surface area (Å²) < 4.78 is 14.9. The number of aromatic nitrogens is 2. The van der Waals surface area contributed by atoms with Crippen molar-refractivity contribution in [1.82, 2.24) is 14.7 Å². The molecular weight excluding hydrogens is 367 g/mol. The molecular formula is C23H23FN4O. The Kier molecular flexibility index (Phi) is 5.70. The predicted molar refractivity (Wildman–Crippen MR) is 112 cm³/mol. The molecule has 0 aliphatic carbocycles. The summed E-state index contributed by atoms with van der Waals surface area (Å²) in [5.41, 5.74) is 3.07. The molecule has 1 amide bonds. The van der Waals surface area contributed by atoms with Crippen LogP contribution in [0.3, 0.4) is 0 Å². The van der Waals surface area contributed by atoms with Gasteiger partial charge >= 0.3 is 0 Å². The van der Waals surface area contributed by atoms with Crippen molar-refractivity contribution < 1.29 is 9.18 Å². The number of carbonyl (C=O) groups excluding carboxylic acids is 1. The molecule has 1 saturated heterocycles. The zero-order chi connectivity index (χ0) is 20.1. The Morgan fingerprint density at radius 1 is 1.00 bits per heavy atom. The molecule has 1 fully saturated rings. The number of benzene rings is 2. The number of amides is 1. The van der Waals surface area contributed by atoms with Crippen LogP contribution < -0.4 is 4.90 Å². The van der Waals surface area contributed by atoms with Crippen LogP contribution in [0.4, 0.5) is 10.1 Å². The van der Waals surface area contributed by atoms with Gasteiger partial charge in [-0.05, 0) is 35.9 Å². The van der Waals surface area contributed by atoms with Crippen molar-refractivity contribution in [3.8, 4) is 0 Å². The molecule has 0 N–H and O–H groups in total. The van der Waals surface area contributed by atoms with Gasteiger partial charge in [-0.1, -0.05) is 30.3 Å². The second kappa shape index (κ2) is 8.73. The lowest BCUT2D eigenvalue weighted by Gasteiger charge is -2.35. The van der Waals surface area contributed by atoms with Crippen molar-refractivity contribution in [2.45, 2.75) is 6.54 Å². The number of hydrogen-bond donors (Lipinski definition) is 0. The Hall–Kier alpha value is -3.41. The lowest BCUT2D eigenvalue weighted by molar-refractivity contribution is -0.126. The van der Waals surface area contributed by atoms with Crippen LogP contribution in [0.15, 0.2) is 73.1 Å². The van der Waals surface area contributed by atoms with Crippen LogP contribution in [0.25, 0.3) is 6.08 Å². The molecule has 4 rings (SSSR count). The number of hydrogen-bond acceptors (Lipinski definition) is 3. The van der Waals surface area contributed by atoms with E-state index in [9.17, 15) is 9.18 Å². The fourth-order valence-corrected chi connectivity index (χ4v) is 3.43. The van der Waals surface area contributed by atoms with Crippen molar-refractivity contribution in [2.24, 2.45) is 0 Å². The van der Waals surface area contributed by atoms with E-state index in [2.05, 4.69) is 22.1 Å². The number of nitrogens with zero attached hydrogens (tertiary/aromatic N) is 4. The van der Waals surface area contributed by atoms with E-state index in [4.69, 9.17) is 0 Å². The molecule has 2 heterocycles. The maximum atomic E-state index is 13.1. The standard InChI is InChI=1S/C23H23FN4O/c24-21-7-9-22(10-8-21)26-12-14-27(15-13-26)23(29)11-6-20-16-25-28(18-20)17-19-4-2-1-3-5-19/h1-11,16,18H,12-15,17H2/b11-6+. The zero-order valence-electron chi connectivity index (χ0n) is 16.1. The molecule has 5 nitrogen and oxygen atoms in total. The molecule has 3 aromatic rings. The minimum atomic E-state index is -0.236. The third-order valence-electron chi connectivity index (χ3n) is 5.04. The Balaban J connectivity index is 1.29. The number of anilines is 1. The van der Waals surface area contributed by atoms with E-state index in [1.54, 1.807) is 24.4 Å². The van der Waals surface area contributed by atoms with Crippen LogP contribution in [0.1, 0.15) is 11.1 Å². The van der Waals surface area contributed by atoms with Gasteiger partial charge in [-0.15, -0.1) is 0 Å². The van der Waals surface area contributed by atoms with Gasteiger partial charge < -0.3 is 9.80 Å². The summed E-state index contributed by atoms with van der Waals surface area (Å²) in [6, 6.07) is 16.6. The molecule has 6 heteroatoms. The van der Waals surface area contributed by atoms with Crippen LogP contribution in [0.2, 0.25) is 0 Å². The van der Waals surface area contributed by atoms with Gasteiger partial charge in [-0.3, -0.25) is 9.48 Å². The molecule has 1 aliphatic heterocycles. The Bertz CT molecular complexity index is 974. The summed E-state index contributed by atoms with van der Waals surface area (Å²) in [4.78, 5) is 16.5. The van der Waals surface area contributed by atoms with E-state index >= 15 is 0 Å². The zero-order valence-corrected chi connectivity index (χ0v) is 16.1. The van der Waals surface area contributed by atoms with Crippen LogP contribution in [0, 0.1) is 5.82 Å². The van der Waals surface area contributed by atoms with Gasteiger partial charge in [-0.2, -0.15) is 5.10 Å². The Labute approximate surface area is 169 Å². The van der Waals surface area contributed by atoms with E-state index in [1.165, 1.54) is 17.7 Å². The molecule has 0 spiro atoms. The third kappa shape index (κ3) is 4.90. The summed E-state index contributed by atoms with van der Waals surface area (Å²) in [7, 11) is 0. The molecule has 29 heavy (non-hydrogen) atoms. The number of carbonyl (C=O) groups is 1. The first-order valence-electron chi connectivity index (χ1n) is 9.71. The number of rotatable bonds is 5. The molecule has 0 radical (unpaired) electrons. The maximum absolute atomic E-state index is 13.1. The van der Waals surface area contributed by atoms with Gasteiger partial charge in [0, 0.05) is 49.7 Å². The Morgan fingerprint density at radius 2 is 1.72 bits per heavy atom. The van der Waals surface area contributed by atoms with Crippen LogP contribution >= 0.6 is 0 Å². The van der Waals surface area contributed by atoms with Crippen molar-refractivity contribution >= 4 is 17.7 Å². The maximum Gasteiger partial charge on any atom is 0.246 e. The first-order chi connectivity index (χ1) is 14.2. The number of halogens is 1. The van der Waals surface area contributed by atoms with Gasteiger partial charge in [0.1, 0.15) is 5.82 Å². The molecule has 148 valence electrons. The second-order valence-electron chi connectivity index (χ2n) is 7.08. The van der Waals surface area contributed by atoms with Crippen molar-refractivity contribution in [3.63, 3.8) is 0 Å². The highest BCUT2D eigenvalue weighted by atomic mass is 19.1. The summed E-state index contributed by atoms with van der Waals surface area (Å²) in [5.74, 6) is -0.237. The fraction of sp³-hybridized carbons (Fsp3) is 0.217. The fourth-order valence-electron chi connectivity index (χ4n) is 3.43. The minimum absolute atomic E-state index is 0.000402. The van der Waals surface area contributed by atoms with Crippen LogP contribution in [-0.4, -0.2) is 46.8 Å². The molecule has 2 aromatic carbocycles. The monoisotopic (exact) mass is 390 g/mol. The van der Waals surface area contributed by atoms with Crippen molar-refractivity contribution in [3.05, 3.63) is 90.0 Å². The van der Waals surface area contributed by atoms with Gasteiger partial charge in [-0.25, -0.2) is 4.39 Å². The summed E-state index contributed by atoms with van der Waals surface area (Å²) in [6.07, 6.45) is 7.11. The second-order valence-corrected chi connectivity index (χ2v) is 7.08. The first kappa shape index (κ1) is 18.9. The average Bonchev–Trinajstić information content (AvgIpc) is 3.21. The molecule has 1 aromatic heterocycles. The summed E-state index contributed by atoms with van der Waals surface area (Å²) in [6.45, 7) is 3.47. The van der Waals surface area contributed by atoms with Gasteiger partial charge in [0.15, 0.2) is 0 Å². The van der Waals surface area contributed by atoms with E-state index in [0.29, 0.717) is 19.6 Å². The average molecular weight is 390 g/mol. The molecule has 0 bridgehead atoms. The van der Waals surface area contributed by atoms with Crippen LogP contribution in [-0.2, 0) is 11.3 Å². The largest absolute Gasteiger partial charge is 0.368 e. The van der Waals surface area contributed by atoms with E-state index in [0.717, 1.165) is 24.3 Å². The van der Waals surface area contributed by atoms with Crippen molar-refractivity contribution in [2.75, 3.05) is 31.1 Å². The van der Waals surface area contributed by atoms with Crippen molar-refractivity contribution in [1.29, 1.82) is 0 Å². The highest BCUT2D eigenvalue weighted by molar-refractivity contribution is 5.91. The molecule has 1 aliphatic rings. The molecule has 0 saturated carbocycles.